The molecule has 4 heteroatoms. The molecule has 76 valence electrons. The van der Waals surface area contributed by atoms with Crippen molar-refractivity contribution in [2.75, 3.05) is 29.2 Å². The van der Waals surface area contributed by atoms with Crippen LogP contribution in [0.2, 0.25) is 0 Å². The van der Waals surface area contributed by atoms with Gasteiger partial charge in [-0.3, -0.25) is 4.98 Å². The smallest absolute Gasteiger partial charge is 0.0763 e. The molecule has 1 atom stereocenters. The van der Waals surface area contributed by atoms with Gasteiger partial charge >= 0.3 is 0 Å². The summed E-state index contributed by atoms with van der Waals surface area (Å²) >= 11 is 1.90. The van der Waals surface area contributed by atoms with Gasteiger partial charge in [-0.2, -0.15) is 11.8 Å². The Balaban J connectivity index is 1.99. The molecule has 3 nitrogen and oxygen atoms in total. The highest BCUT2D eigenvalue weighted by Crippen LogP contribution is 2.25. The maximum atomic E-state index is 4.08. The number of fused-ring (bicyclic) bond motifs is 1. The minimum atomic E-state index is 0.553. The summed E-state index contributed by atoms with van der Waals surface area (Å²) < 4.78 is 0. The molecule has 1 unspecified atom stereocenters. The number of anilines is 2. The lowest BCUT2D eigenvalue weighted by atomic mass is 10.1. The van der Waals surface area contributed by atoms with E-state index >= 15 is 0 Å². The summed E-state index contributed by atoms with van der Waals surface area (Å²) in [6, 6.07) is 2.57. The van der Waals surface area contributed by atoms with Gasteiger partial charge in [-0.05, 0) is 24.5 Å². The molecule has 0 amide bonds. The Morgan fingerprint density at radius 2 is 2.50 bits per heavy atom. The fourth-order valence-electron chi connectivity index (χ4n) is 1.60. The van der Waals surface area contributed by atoms with Crippen molar-refractivity contribution in [1.29, 1.82) is 0 Å². The lowest BCUT2D eigenvalue weighted by molar-refractivity contribution is 0.719. The van der Waals surface area contributed by atoms with Crippen LogP contribution in [0.5, 0.6) is 0 Å². The van der Waals surface area contributed by atoms with Crippen LogP contribution < -0.4 is 10.6 Å². The first-order valence-electron chi connectivity index (χ1n) is 4.83. The second kappa shape index (κ2) is 4.55. The van der Waals surface area contributed by atoms with Crippen LogP contribution in [0.1, 0.15) is 6.42 Å². The minimum absolute atomic E-state index is 0.553. The second-order valence-electron chi connectivity index (χ2n) is 3.42. The van der Waals surface area contributed by atoms with E-state index in [1.807, 2.05) is 30.2 Å². The molecule has 0 saturated carbocycles. The van der Waals surface area contributed by atoms with Gasteiger partial charge in [0, 0.05) is 18.8 Å². The summed E-state index contributed by atoms with van der Waals surface area (Å²) in [5.41, 5.74) is 2.30. The van der Waals surface area contributed by atoms with Gasteiger partial charge in [-0.15, -0.1) is 0 Å². The van der Waals surface area contributed by atoms with Gasteiger partial charge < -0.3 is 10.6 Å². The summed E-state index contributed by atoms with van der Waals surface area (Å²) in [6.45, 7) is 0.999. The highest BCUT2D eigenvalue weighted by molar-refractivity contribution is 7.98. The standard InChI is InChI=1S/C10H15N3S/c1-14-5-3-8-6-12-10-7-11-4-2-9(10)13-8/h2,4,7-8,12-13H,3,5-6H2,1H3. The molecular weight excluding hydrogens is 194 g/mol. The van der Waals surface area contributed by atoms with E-state index in [9.17, 15) is 0 Å². The van der Waals surface area contributed by atoms with Gasteiger partial charge in [0.25, 0.3) is 0 Å². The zero-order valence-electron chi connectivity index (χ0n) is 8.29. The number of nitrogens with one attached hydrogen (secondary N) is 2. The summed E-state index contributed by atoms with van der Waals surface area (Å²) in [5.74, 6) is 1.21. The highest BCUT2D eigenvalue weighted by Gasteiger charge is 2.15. The maximum absolute atomic E-state index is 4.08. The SMILES string of the molecule is CSCCC1CNc2cnccc2N1. The molecular formula is C10H15N3S. The normalized spacial score (nSPS) is 19.4. The van der Waals surface area contributed by atoms with E-state index in [2.05, 4.69) is 21.9 Å². The monoisotopic (exact) mass is 209 g/mol. The molecule has 1 aromatic heterocycles. The van der Waals surface area contributed by atoms with Gasteiger partial charge in [0.15, 0.2) is 0 Å². The Kier molecular flexibility index (Phi) is 3.14. The average Bonchev–Trinajstić information content (AvgIpc) is 2.26. The minimum Gasteiger partial charge on any atom is -0.380 e. The van der Waals surface area contributed by atoms with Crippen molar-refractivity contribution in [3.05, 3.63) is 18.5 Å². The van der Waals surface area contributed by atoms with E-state index < -0.39 is 0 Å². The number of pyridine rings is 1. The van der Waals surface area contributed by atoms with Crippen LogP contribution in [0.4, 0.5) is 11.4 Å². The van der Waals surface area contributed by atoms with Crippen molar-refractivity contribution in [3.8, 4) is 0 Å². The first-order chi connectivity index (χ1) is 6.90. The molecule has 2 N–H and O–H groups in total. The summed E-state index contributed by atoms with van der Waals surface area (Å²) in [6.07, 6.45) is 7.04. The van der Waals surface area contributed by atoms with E-state index in [0.717, 1.165) is 12.2 Å². The number of hydrogen-bond donors (Lipinski definition) is 2. The largest absolute Gasteiger partial charge is 0.380 e. The van der Waals surface area contributed by atoms with Crippen LogP contribution >= 0.6 is 11.8 Å². The summed E-state index contributed by atoms with van der Waals surface area (Å²) in [4.78, 5) is 4.08. The van der Waals surface area contributed by atoms with Crippen molar-refractivity contribution in [2.24, 2.45) is 0 Å². The van der Waals surface area contributed by atoms with Crippen molar-refractivity contribution in [1.82, 2.24) is 4.98 Å². The topological polar surface area (TPSA) is 37.0 Å². The van der Waals surface area contributed by atoms with Crippen molar-refractivity contribution >= 4 is 23.1 Å². The maximum Gasteiger partial charge on any atom is 0.0763 e. The van der Waals surface area contributed by atoms with Gasteiger partial charge in [0.2, 0.25) is 0 Å². The first-order valence-corrected chi connectivity index (χ1v) is 6.23. The molecule has 1 aromatic rings. The quantitative estimate of drug-likeness (QED) is 0.799. The molecule has 0 radical (unpaired) electrons. The molecule has 2 rings (SSSR count). The van der Waals surface area contributed by atoms with Gasteiger partial charge in [-0.25, -0.2) is 0 Å². The first kappa shape index (κ1) is 9.65. The molecule has 0 bridgehead atoms. The van der Waals surface area contributed by atoms with E-state index in [-0.39, 0.29) is 0 Å². The Hall–Kier alpha value is -0.900. The Bertz CT molecular complexity index is 303. The van der Waals surface area contributed by atoms with E-state index in [0.29, 0.717) is 6.04 Å². The number of nitrogens with zero attached hydrogens (tertiary/aromatic N) is 1. The van der Waals surface area contributed by atoms with Crippen LogP contribution in [-0.2, 0) is 0 Å². The van der Waals surface area contributed by atoms with Crippen molar-refractivity contribution in [3.63, 3.8) is 0 Å². The van der Waals surface area contributed by atoms with Crippen molar-refractivity contribution in [2.45, 2.75) is 12.5 Å². The number of aromatic nitrogens is 1. The van der Waals surface area contributed by atoms with E-state index in [4.69, 9.17) is 0 Å². The fraction of sp³-hybridized carbons (Fsp3) is 0.500. The van der Waals surface area contributed by atoms with Gasteiger partial charge in [-0.1, -0.05) is 0 Å². The zero-order valence-corrected chi connectivity index (χ0v) is 9.10. The van der Waals surface area contributed by atoms with Crippen LogP contribution in [0.25, 0.3) is 0 Å². The molecule has 0 saturated heterocycles. The van der Waals surface area contributed by atoms with Gasteiger partial charge in [0.05, 0.1) is 17.6 Å². The van der Waals surface area contributed by atoms with Crippen LogP contribution in [0, 0.1) is 0 Å². The molecule has 2 heterocycles. The summed E-state index contributed by atoms with van der Waals surface area (Å²) in [5, 5.41) is 6.90. The molecule has 0 fully saturated rings. The Morgan fingerprint density at radius 1 is 1.57 bits per heavy atom. The Labute approximate surface area is 88.7 Å². The van der Waals surface area contributed by atoms with Crippen LogP contribution in [0.15, 0.2) is 18.5 Å². The summed E-state index contributed by atoms with van der Waals surface area (Å²) in [7, 11) is 0. The third-order valence-corrected chi connectivity index (χ3v) is 3.03. The number of rotatable bonds is 3. The van der Waals surface area contributed by atoms with E-state index in [1.54, 1.807) is 0 Å². The fourth-order valence-corrected chi connectivity index (χ4v) is 2.12. The molecule has 1 aliphatic rings. The third kappa shape index (κ3) is 2.12. The number of hydrogen-bond acceptors (Lipinski definition) is 4. The third-order valence-electron chi connectivity index (χ3n) is 2.39. The highest BCUT2D eigenvalue weighted by atomic mass is 32.2. The van der Waals surface area contributed by atoms with Crippen LogP contribution in [-0.4, -0.2) is 29.6 Å². The van der Waals surface area contributed by atoms with Gasteiger partial charge in [0.1, 0.15) is 0 Å². The average molecular weight is 209 g/mol. The van der Waals surface area contributed by atoms with Crippen LogP contribution in [0.3, 0.4) is 0 Å². The van der Waals surface area contributed by atoms with E-state index in [1.165, 1.54) is 17.9 Å². The van der Waals surface area contributed by atoms with Crippen molar-refractivity contribution < 1.29 is 0 Å². The molecule has 1 aliphatic heterocycles. The second-order valence-corrected chi connectivity index (χ2v) is 4.41. The molecule has 14 heavy (non-hydrogen) atoms. The Morgan fingerprint density at radius 3 is 3.36 bits per heavy atom. The lowest BCUT2D eigenvalue weighted by Crippen LogP contribution is -2.33. The predicted molar refractivity (Wildman–Crippen MR) is 63.1 cm³/mol. The number of thioether (sulfide) groups is 1. The molecule has 0 aliphatic carbocycles. The lowest BCUT2D eigenvalue weighted by Gasteiger charge is -2.27. The molecule has 0 aromatic carbocycles. The predicted octanol–water partition coefficient (Wildman–Crippen LogP) is 2.04. The molecule has 0 spiro atoms. The zero-order chi connectivity index (χ0) is 9.80.